The van der Waals surface area contributed by atoms with Gasteiger partial charge >= 0.3 is 0 Å². The molecule has 1 atom stereocenters. The maximum absolute atomic E-state index is 12.2. The molecule has 2 heterocycles. The summed E-state index contributed by atoms with van der Waals surface area (Å²) in [6, 6.07) is 3.87. The number of hydrogen-bond donors (Lipinski definition) is 0. The van der Waals surface area contributed by atoms with Gasteiger partial charge in [0.25, 0.3) is 0 Å². The van der Waals surface area contributed by atoms with Gasteiger partial charge in [-0.15, -0.1) is 0 Å². The lowest BCUT2D eigenvalue weighted by Gasteiger charge is -2.30. The molecule has 0 radical (unpaired) electrons. The number of amides is 1. The lowest BCUT2D eigenvalue weighted by Crippen LogP contribution is -2.42. The molecule has 116 valence electrons. The number of aromatic nitrogens is 1. The van der Waals surface area contributed by atoms with E-state index in [1.807, 2.05) is 11.0 Å². The monoisotopic (exact) mass is 309 g/mol. The molecule has 1 unspecified atom stereocenters. The number of likely N-dealkylation sites (N-methyl/N-ethyl adjacent to an activating group) is 1. The lowest BCUT2D eigenvalue weighted by molar-refractivity contribution is -0.117. The van der Waals surface area contributed by atoms with Crippen LogP contribution in [0.5, 0.6) is 0 Å². The van der Waals surface area contributed by atoms with Crippen LogP contribution in [-0.4, -0.2) is 41.5 Å². The van der Waals surface area contributed by atoms with Crippen LogP contribution < -0.4 is 4.90 Å². The van der Waals surface area contributed by atoms with E-state index in [1.54, 1.807) is 12.3 Å². The molecular formula is C16H24ClN3O. The molecule has 0 bridgehead atoms. The molecule has 1 amide bonds. The van der Waals surface area contributed by atoms with Gasteiger partial charge in [0.05, 0.1) is 17.9 Å². The molecule has 1 aliphatic rings. The maximum atomic E-state index is 12.2. The van der Waals surface area contributed by atoms with Crippen LogP contribution in [0.4, 0.5) is 5.69 Å². The first-order chi connectivity index (χ1) is 10.2. The van der Waals surface area contributed by atoms with Crippen LogP contribution in [0, 0.1) is 0 Å². The lowest BCUT2D eigenvalue weighted by atomic mass is 10.2. The van der Waals surface area contributed by atoms with Crippen LogP contribution in [0.25, 0.3) is 0 Å². The number of nitrogens with zero attached hydrogens (tertiary/aromatic N) is 3. The smallest absolute Gasteiger partial charge is 0.227 e. The van der Waals surface area contributed by atoms with Gasteiger partial charge in [0.2, 0.25) is 5.91 Å². The molecule has 1 aromatic rings. The second kappa shape index (κ2) is 7.76. The summed E-state index contributed by atoms with van der Waals surface area (Å²) in [7, 11) is 0. The minimum Gasteiger partial charge on any atom is -0.307 e. The minimum atomic E-state index is 0.190. The standard InChI is InChI=1S/C16H24ClN3O/c1-3-5-10-19(4-2)12-14-7-9-16(21)20(14)13-6-8-15(17)18-11-13/h6,8,11,14H,3-5,7,9-10,12H2,1-2H3. The van der Waals surface area contributed by atoms with Crippen LogP contribution >= 0.6 is 11.6 Å². The number of halogens is 1. The number of rotatable bonds is 7. The summed E-state index contributed by atoms with van der Waals surface area (Å²) in [5.41, 5.74) is 0.860. The molecule has 1 aromatic heterocycles. The molecule has 4 nitrogen and oxygen atoms in total. The Hall–Kier alpha value is -1.13. The first-order valence-corrected chi connectivity index (χ1v) is 8.19. The van der Waals surface area contributed by atoms with Crippen LogP contribution in [0.3, 0.4) is 0 Å². The molecule has 0 spiro atoms. The number of carbonyl (C=O) groups excluding carboxylic acids is 1. The van der Waals surface area contributed by atoms with Gasteiger partial charge in [0.1, 0.15) is 5.15 Å². The summed E-state index contributed by atoms with van der Waals surface area (Å²) in [4.78, 5) is 20.6. The molecule has 1 fully saturated rings. The molecule has 1 aliphatic heterocycles. The van der Waals surface area contributed by atoms with Gasteiger partial charge in [-0.3, -0.25) is 4.79 Å². The second-order valence-corrected chi connectivity index (χ2v) is 5.93. The fourth-order valence-electron chi connectivity index (χ4n) is 2.84. The Bertz CT molecular complexity index is 463. The molecule has 5 heteroatoms. The van der Waals surface area contributed by atoms with Gasteiger partial charge in [-0.2, -0.15) is 0 Å². The van der Waals surface area contributed by atoms with Gasteiger partial charge in [-0.1, -0.05) is 31.9 Å². The Balaban J connectivity index is 2.07. The summed E-state index contributed by atoms with van der Waals surface area (Å²) >= 11 is 5.83. The number of pyridine rings is 1. The van der Waals surface area contributed by atoms with Gasteiger partial charge in [0.15, 0.2) is 0 Å². The van der Waals surface area contributed by atoms with Crippen LogP contribution in [0.15, 0.2) is 18.3 Å². The molecule has 1 saturated heterocycles. The van der Waals surface area contributed by atoms with Crippen molar-refractivity contribution in [2.75, 3.05) is 24.5 Å². The van der Waals surface area contributed by atoms with E-state index in [2.05, 4.69) is 23.7 Å². The van der Waals surface area contributed by atoms with Crippen molar-refractivity contribution in [3.8, 4) is 0 Å². The van der Waals surface area contributed by atoms with Gasteiger partial charge < -0.3 is 9.80 Å². The fraction of sp³-hybridized carbons (Fsp3) is 0.625. The molecule has 0 aromatic carbocycles. The highest BCUT2D eigenvalue weighted by molar-refractivity contribution is 6.29. The molecule has 2 rings (SSSR count). The highest BCUT2D eigenvalue weighted by Gasteiger charge is 2.33. The average Bonchev–Trinajstić information content (AvgIpc) is 2.85. The van der Waals surface area contributed by atoms with E-state index in [0.29, 0.717) is 11.6 Å². The fourth-order valence-corrected chi connectivity index (χ4v) is 2.95. The van der Waals surface area contributed by atoms with E-state index < -0.39 is 0 Å². The van der Waals surface area contributed by atoms with E-state index in [-0.39, 0.29) is 11.9 Å². The SMILES string of the molecule is CCCCN(CC)CC1CCC(=O)N1c1ccc(Cl)nc1. The minimum absolute atomic E-state index is 0.190. The summed E-state index contributed by atoms with van der Waals surface area (Å²) in [6.45, 7) is 7.45. The van der Waals surface area contributed by atoms with Crippen molar-refractivity contribution in [3.05, 3.63) is 23.5 Å². The van der Waals surface area contributed by atoms with Gasteiger partial charge in [-0.25, -0.2) is 4.98 Å². The Morgan fingerprint density at radius 2 is 2.24 bits per heavy atom. The summed E-state index contributed by atoms with van der Waals surface area (Å²) in [5, 5.41) is 0.458. The van der Waals surface area contributed by atoms with Crippen LogP contribution in [-0.2, 0) is 4.79 Å². The Morgan fingerprint density at radius 1 is 1.43 bits per heavy atom. The van der Waals surface area contributed by atoms with Crippen molar-refractivity contribution < 1.29 is 4.79 Å². The summed E-state index contributed by atoms with van der Waals surface area (Å²) in [5.74, 6) is 0.190. The number of hydrogen-bond acceptors (Lipinski definition) is 3. The highest BCUT2D eigenvalue weighted by atomic mass is 35.5. The van der Waals surface area contributed by atoms with Crippen molar-refractivity contribution in [2.24, 2.45) is 0 Å². The Kier molecular flexibility index (Phi) is 6.00. The third-order valence-corrected chi connectivity index (χ3v) is 4.28. The van der Waals surface area contributed by atoms with E-state index in [0.717, 1.165) is 31.7 Å². The third kappa shape index (κ3) is 4.17. The Morgan fingerprint density at radius 3 is 2.86 bits per heavy atom. The quantitative estimate of drug-likeness (QED) is 0.725. The molecule has 0 saturated carbocycles. The predicted molar refractivity (Wildman–Crippen MR) is 86.8 cm³/mol. The average molecular weight is 310 g/mol. The van der Waals surface area contributed by atoms with Crippen molar-refractivity contribution in [1.82, 2.24) is 9.88 Å². The zero-order valence-corrected chi connectivity index (χ0v) is 13.6. The third-order valence-electron chi connectivity index (χ3n) is 4.06. The van der Waals surface area contributed by atoms with E-state index in [1.165, 1.54) is 12.8 Å². The first kappa shape index (κ1) is 16.2. The van der Waals surface area contributed by atoms with Crippen molar-refractivity contribution >= 4 is 23.2 Å². The van der Waals surface area contributed by atoms with Crippen molar-refractivity contribution in [2.45, 2.75) is 45.6 Å². The molecular weight excluding hydrogens is 286 g/mol. The number of carbonyl (C=O) groups is 1. The Labute approximate surface area is 132 Å². The van der Waals surface area contributed by atoms with Crippen LogP contribution in [0.2, 0.25) is 5.15 Å². The molecule has 0 aliphatic carbocycles. The van der Waals surface area contributed by atoms with E-state index in [4.69, 9.17) is 11.6 Å². The maximum Gasteiger partial charge on any atom is 0.227 e. The van der Waals surface area contributed by atoms with Gasteiger partial charge in [0, 0.05) is 13.0 Å². The number of anilines is 1. The highest BCUT2D eigenvalue weighted by Crippen LogP contribution is 2.27. The zero-order valence-electron chi connectivity index (χ0n) is 12.9. The van der Waals surface area contributed by atoms with Gasteiger partial charge in [-0.05, 0) is 38.1 Å². The first-order valence-electron chi connectivity index (χ1n) is 7.81. The zero-order chi connectivity index (χ0) is 15.2. The number of unbranched alkanes of at least 4 members (excludes halogenated alkanes) is 1. The van der Waals surface area contributed by atoms with Crippen molar-refractivity contribution in [1.29, 1.82) is 0 Å². The van der Waals surface area contributed by atoms with E-state index in [9.17, 15) is 4.79 Å². The topological polar surface area (TPSA) is 36.4 Å². The molecule has 21 heavy (non-hydrogen) atoms. The normalized spacial score (nSPS) is 18.8. The summed E-state index contributed by atoms with van der Waals surface area (Å²) < 4.78 is 0. The van der Waals surface area contributed by atoms with Crippen LogP contribution in [0.1, 0.15) is 39.5 Å². The second-order valence-electron chi connectivity index (χ2n) is 5.54. The summed E-state index contributed by atoms with van der Waals surface area (Å²) in [6.07, 6.45) is 5.64. The van der Waals surface area contributed by atoms with Crippen molar-refractivity contribution in [3.63, 3.8) is 0 Å². The van der Waals surface area contributed by atoms with E-state index >= 15 is 0 Å². The predicted octanol–water partition coefficient (Wildman–Crippen LogP) is 3.35. The molecule has 0 N–H and O–H groups in total. The largest absolute Gasteiger partial charge is 0.307 e.